The molecule has 0 spiro atoms. The van der Waals surface area contributed by atoms with Crippen LogP contribution in [0, 0.1) is 0 Å². The van der Waals surface area contributed by atoms with Crippen LogP contribution in [0.2, 0.25) is 0 Å². The van der Waals surface area contributed by atoms with Crippen LogP contribution in [0.25, 0.3) is 0 Å². The topological polar surface area (TPSA) is 41.9 Å². The average molecular weight is 259 g/mol. The first-order valence-corrected chi connectivity index (χ1v) is 7.24. The average Bonchev–Trinajstić information content (AvgIpc) is 2.73. The first-order valence-electron chi connectivity index (χ1n) is 7.24. The molecule has 0 bridgehead atoms. The Morgan fingerprint density at radius 2 is 1.72 bits per heavy atom. The van der Waals surface area contributed by atoms with E-state index >= 15 is 0 Å². The minimum atomic E-state index is -0.457. The first kappa shape index (κ1) is 15.9. The van der Waals surface area contributed by atoms with Crippen LogP contribution in [-0.2, 0) is 9.47 Å². The second kappa shape index (κ2) is 8.10. The van der Waals surface area contributed by atoms with E-state index in [-0.39, 0.29) is 6.29 Å². The molecule has 0 radical (unpaired) electrons. The van der Waals surface area contributed by atoms with Crippen molar-refractivity contribution in [2.45, 2.75) is 57.8 Å². The summed E-state index contributed by atoms with van der Waals surface area (Å²) in [5.41, 5.74) is -0.457. The lowest BCUT2D eigenvalue weighted by atomic mass is 10.0. The van der Waals surface area contributed by atoms with Gasteiger partial charge < -0.3 is 19.5 Å². The molecule has 108 valence electrons. The molecule has 1 N–H and O–H groups in total. The molecular formula is C14H29NO3. The van der Waals surface area contributed by atoms with E-state index < -0.39 is 5.60 Å². The van der Waals surface area contributed by atoms with E-state index in [2.05, 4.69) is 11.9 Å². The molecule has 1 saturated carbocycles. The fourth-order valence-corrected chi connectivity index (χ4v) is 2.69. The number of likely N-dealkylation sites (N-methyl/N-ethyl adjacent to an activating group) is 1. The summed E-state index contributed by atoms with van der Waals surface area (Å²) in [5, 5.41) is 10.3. The van der Waals surface area contributed by atoms with Crippen molar-refractivity contribution < 1.29 is 14.6 Å². The standard InChI is InChI=1S/C14H29NO3/c1-4-17-13(18-5-2)8-11-15(3)12-14(16)9-6-7-10-14/h13,16H,4-12H2,1-3H3. The molecule has 0 aromatic carbocycles. The molecule has 18 heavy (non-hydrogen) atoms. The van der Waals surface area contributed by atoms with Crippen LogP contribution < -0.4 is 0 Å². The van der Waals surface area contributed by atoms with Gasteiger partial charge in [0.25, 0.3) is 0 Å². The zero-order valence-corrected chi connectivity index (χ0v) is 12.2. The summed E-state index contributed by atoms with van der Waals surface area (Å²) in [6.45, 7) is 6.98. The Hall–Kier alpha value is -0.160. The Morgan fingerprint density at radius 3 is 2.22 bits per heavy atom. The first-order chi connectivity index (χ1) is 8.59. The Morgan fingerprint density at radius 1 is 1.17 bits per heavy atom. The quantitative estimate of drug-likeness (QED) is 0.643. The number of ether oxygens (including phenoxy) is 2. The van der Waals surface area contributed by atoms with Gasteiger partial charge in [-0.15, -0.1) is 0 Å². The highest BCUT2D eigenvalue weighted by molar-refractivity contribution is 4.86. The summed E-state index contributed by atoms with van der Waals surface area (Å²) in [6.07, 6.45) is 4.94. The smallest absolute Gasteiger partial charge is 0.158 e. The van der Waals surface area contributed by atoms with Gasteiger partial charge >= 0.3 is 0 Å². The van der Waals surface area contributed by atoms with E-state index in [4.69, 9.17) is 9.47 Å². The Labute approximate surface area is 111 Å². The maximum atomic E-state index is 10.3. The van der Waals surface area contributed by atoms with Gasteiger partial charge in [-0.3, -0.25) is 0 Å². The van der Waals surface area contributed by atoms with E-state index in [0.717, 1.165) is 45.2 Å². The fourth-order valence-electron chi connectivity index (χ4n) is 2.69. The SMILES string of the molecule is CCOC(CCN(C)CC1(O)CCCC1)OCC. The van der Waals surface area contributed by atoms with E-state index in [9.17, 15) is 5.11 Å². The lowest BCUT2D eigenvalue weighted by Crippen LogP contribution is -2.40. The van der Waals surface area contributed by atoms with Crippen LogP contribution in [0.15, 0.2) is 0 Å². The summed E-state index contributed by atoms with van der Waals surface area (Å²) in [5.74, 6) is 0. The van der Waals surface area contributed by atoms with Gasteiger partial charge in [0.15, 0.2) is 6.29 Å². The number of hydrogen-bond donors (Lipinski definition) is 1. The van der Waals surface area contributed by atoms with Gasteiger partial charge in [-0.2, -0.15) is 0 Å². The third-order valence-electron chi connectivity index (χ3n) is 3.55. The molecule has 0 heterocycles. The van der Waals surface area contributed by atoms with Crippen LogP contribution in [0.5, 0.6) is 0 Å². The van der Waals surface area contributed by atoms with Gasteiger partial charge in [-0.1, -0.05) is 12.8 Å². The van der Waals surface area contributed by atoms with Gasteiger partial charge in [0, 0.05) is 32.7 Å². The minimum absolute atomic E-state index is 0.110. The summed E-state index contributed by atoms with van der Waals surface area (Å²) >= 11 is 0. The van der Waals surface area contributed by atoms with Gasteiger partial charge in [0.1, 0.15) is 0 Å². The Balaban J connectivity index is 2.23. The molecule has 1 aliphatic carbocycles. The van der Waals surface area contributed by atoms with E-state index in [1.807, 2.05) is 13.8 Å². The van der Waals surface area contributed by atoms with Gasteiger partial charge in [0.2, 0.25) is 0 Å². The number of nitrogens with zero attached hydrogens (tertiary/aromatic N) is 1. The molecule has 0 unspecified atom stereocenters. The largest absolute Gasteiger partial charge is 0.389 e. The summed E-state index contributed by atoms with van der Waals surface area (Å²) < 4.78 is 11.0. The van der Waals surface area contributed by atoms with Gasteiger partial charge in [0.05, 0.1) is 5.60 Å². The van der Waals surface area contributed by atoms with Crippen molar-refractivity contribution in [3.05, 3.63) is 0 Å². The maximum absolute atomic E-state index is 10.3. The van der Waals surface area contributed by atoms with Crippen LogP contribution in [0.4, 0.5) is 0 Å². The highest BCUT2D eigenvalue weighted by Gasteiger charge is 2.32. The molecule has 1 rings (SSSR count). The van der Waals surface area contributed by atoms with Crippen molar-refractivity contribution in [3.63, 3.8) is 0 Å². The van der Waals surface area contributed by atoms with Gasteiger partial charge in [-0.25, -0.2) is 0 Å². The lowest BCUT2D eigenvalue weighted by Gasteiger charge is -2.29. The normalized spacial score (nSPS) is 19.0. The second-order valence-corrected chi connectivity index (χ2v) is 5.30. The minimum Gasteiger partial charge on any atom is -0.389 e. The van der Waals surface area contributed by atoms with Crippen molar-refractivity contribution in [2.24, 2.45) is 0 Å². The lowest BCUT2D eigenvalue weighted by molar-refractivity contribution is -0.142. The molecule has 4 nitrogen and oxygen atoms in total. The maximum Gasteiger partial charge on any atom is 0.158 e. The Bertz CT molecular complexity index is 211. The Kier molecular flexibility index (Phi) is 7.15. The summed E-state index contributed by atoms with van der Waals surface area (Å²) in [6, 6.07) is 0. The molecule has 1 aliphatic rings. The van der Waals surface area contributed by atoms with Crippen molar-refractivity contribution in [3.8, 4) is 0 Å². The van der Waals surface area contributed by atoms with E-state index in [0.29, 0.717) is 13.2 Å². The second-order valence-electron chi connectivity index (χ2n) is 5.30. The molecule has 0 saturated heterocycles. The van der Waals surface area contributed by atoms with Crippen LogP contribution in [0.1, 0.15) is 46.0 Å². The van der Waals surface area contributed by atoms with Crippen LogP contribution in [-0.4, -0.2) is 55.2 Å². The van der Waals surface area contributed by atoms with Gasteiger partial charge in [-0.05, 0) is 33.7 Å². The zero-order chi connectivity index (χ0) is 13.4. The molecule has 0 aliphatic heterocycles. The van der Waals surface area contributed by atoms with Crippen LogP contribution in [0.3, 0.4) is 0 Å². The summed E-state index contributed by atoms with van der Waals surface area (Å²) in [4.78, 5) is 2.19. The number of aliphatic hydroxyl groups is 1. The van der Waals surface area contributed by atoms with Crippen molar-refractivity contribution in [1.29, 1.82) is 0 Å². The van der Waals surface area contributed by atoms with Crippen molar-refractivity contribution in [1.82, 2.24) is 4.90 Å². The number of hydrogen-bond acceptors (Lipinski definition) is 4. The monoisotopic (exact) mass is 259 g/mol. The van der Waals surface area contributed by atoms with E-state index in [1.165, 1.54) is 0 Å². The molecule has 0 atom stereocenters. The van der Waals surface area contributed by atoms with Crippen LogP contribution >= 0.6 is 0 Å². The summed E-state index contributed by atoms with van der Waals surface area (Å²) in [7, 11) is 2.06. The molecule has 0 aromatic rings. The fraction of sp³-hybridized carbons (Fsp3) is 1.00. The predicted molar refractivity (Wildman–Crippen MR) is 72.6 cm³/mol. The molecule has 4 heteroatoms. The zero-order valence-electron chi connectivity index (χ0n) is 12.2. The molecular weight excluding hydrogens is 230 g/mol. The molecule has 0 amide bonds. The molecule has 1 fully saturated rings. The number of rotatable bonds is 9. The third-order valence-corrected chi connectivity index (χ3v) is 3.55. The molecule has 0 aromatic heterocycles. The highest BCUT2D eigenvalue weighted by Crippen LogP contribution is 2.29. The predicted octanol–water partition coefficient (Wildman–Crippen LogP) is 2.01. The van der Waals surface area contributed by atoms with E-state index in [1.54, 1.807) is 0 Å². The highest BCUT2D eigenvalue weighted by atomic mass is 16.7. The third kappa shape index (κ3) is 5.65. The van der Waals surface area contributed by atoms with Crippen molar-refractivity contribution >= 4 is 0 Å². The van der Waals surface area contributed by atoms with Crippen molar-refractivity contribution in [2.75, 3.05) is 33.4 Å².